The van der Waals surface area contributed by atoms with Crippen LogP contribution in [0.4, 0.5) is 0 Å². The highest BCUT2D eigenvalue weighted by atomic mass is 16.5. The number of amides is 1. The number of carbonyl (C=O) groups is 2. The predicted molar refractivity (Wildman–Crippen MR) is 99.2 cm³/mol. The third-order valence-corrected chi connectivity index (χ3v) is 4.66. The summed E-state index contributed by atoms with van der Waals surface area (Å²) in [5.41, 5.74) is 0.688. The number of carbonyl (C=O) groups excluding carboxylic acids is 2. The Morgan fingerprint density at radius 1 is 1.15 bits per heavy atom. The van der Waals surface area contributed by atoms with Crippen LogP contribution >= 0.6 is 0 Å². The molecule has 0 aliphatic carbocycles. The monoisotopic (exact) mass is 361 g/mol. The van der Waals surface area contributed by atoms with Gasteiger partial charge < -0.3 is 19.1 Å². The third-order valence-electron chi connectivity index (χ3n) is 4.66. The Hall–Kier alpha value is -2.50. The Bertz CT molecular complexity index is 660. The van der Waals surface area contributed by atoms with Crippen LogP contribution < -0.4 is 9.47 Å². The number of hydrogen-bond donors (Lipinski definition) is 0. The van der Waals surface area contributed by atoms with E-state index in [1.165, 1.54) is 6.08 Å². The average molecular weight is 361 g/mol. The van der Waals surface area contributed by atoms with E-state index in [2.05, 4.69) is 0 Å². The first-order valence-corrected chi connectivity index (χ1v) is 8.84. The molecule has 0 spiro atoms. The highest BCUT2D eigenvalue weighted by Crippen LogP contribution is 2.25. The number of rotatable bonds is 6. The van der Waals surface area contributed by atoms with E-state index in [0.29, 0.717) is 17.1 Å². The smallest absolute Gasteiger partial charge is 0.331 e. The van der Waals surface area contributed by atoms with Crippen molar-refractivity contribution in [2.24, 2.45) is 0 Å². The molecule has 1 amide bonds. The van der Waals surface area contributed by atoms with Gasteiger partial charge >= 0.3 is 5.97 Å². The van der Waals surface area contributed by atoms with E-state index in [1.54, 1.807) is 38.5 Å². The molecule has 0 saturated carbocycles. The lowest BCUT2D eigenvalue weighted by Crippen LogP contribution is -2.49. The van der Waals surface area contributed by atoms with E-state index >= 15 is 0 Å². The van der Waals surface area contributed by atoms with Crippen molar-refractivity contribution in [3.63, 3.8) is 0 Å². The normalized spacial score (nSPS) is 20.1. The molecule has 2 rings (SSSR count). The molecule has 1 aromatic rings. The molecule has 6 heteroatoms. The minimum Gasteiger partial charge on any atom is -0.497 e. The Morgan fingerprint density at radius 2 is 1.85 bits per heavy atom. The van der Waals surface area contributed by atoms with E-state index in [4.69, 9.17) is 14.2 Å². The first-order valence-electron chi connectivity index (χ1n) is 8.84. The topological polar surface area (TPSA) is 65.1 Å². The van der Waals surface area contributed by atoms with Crippen LogP contribution in [0.15, 0.2) is 24.3 Å². The molecule has 1 aliphatic heterocycles. The minimum atomic E-state index is -0.569. The molecule has 0 aromatic heterocycles. The van der Waals surface area contributed by atoms with Crippen LogP contribution in [0.5, 0.6) is 11.5 Å². The van der Waals surface area contributed by atoms with Gasteiger partial charge in [-0.3, -0.25) is 4.79 Å². The fourth-order valence-corrected chi connectivity index (χ4v) is 3.30. The predicted octanol–water partition coefficient (Wildman–Crippen LogP) is 3.05. The fraction of sp³-hybridized carbons (Fsp3) is 0.500. The second-order valence-corrected chi connectivity index (χ2v) is 6.48. The zero-order chi connectivity index (χ0) is 19.1. The summed E-state index contributed by atoms with van der Waals surface area (Å²) in [6.45, 7) is 3.82. The molecule has 142 valence electrons. The molecule has 1 saturated heterocycles. The Labute approximate surface area is 154 Å². The van der Waals surface area contributed by atoms with Crippen molar-refractivity contribution >= 4 is 18.0 Å². The molecule has 1 heterocycles. The van der Waals surface area contributed by atoms with Gasteiger partial charge in [0.1, 0.15) is 11.5 Å². The largest absolute Gasteiger partial charge is 0.497 e. The lowest BCUT2D eigenvalue weighted by Gasteiger charge is -2.38. The van der Waals surface area contributed by atoms with Crippen molar-refractivity contribution in [3.8, 4) is 11.5 Å². The second kappa shape index (κ2) is 9.27. The Balaban J connectivity index is 1.94. The molecule has 1 aliphatic rings. The maximum atomic E-state index is 12.4. The van der Waals surface area contributed by atoms with Crippen molar-refractivity contribution in [2.75, 3.05) is 20.8 Å². The summed E-state index contributed by atoms with van der Waals surface area (Å²) in [5.74, 6) is 0.551. The van der Waals surface area contributed by atoms with Gasteiger partial charge in [-0.25, -0.2) is 4.79 Å². The zero-order valence-corrected chi connectivity index (χ0v) is 15.9. The maximum absolute atomic E-state index is 12.4. The Morgan fingerprint density at radius 3 is 2.46 bits per heavy atom. The van der Waals surface area contributed by atoms with Gasteiger partial charge in [-0.1, -0.05) is 0 Å². The van der Waals surface area contributed by atoms with Crippen molar-refractivity contribution in [1.29, 1.82) is 0 Å². The summed E-state index contributed by atoms with van der Waals surface area (Å²) in [5, 5.41) is 0. The third kappa shape index (κ3) is 5.00. The summed E-state index contributed by atoms with van der Waals surface area (Å²) in [6.07, 6.45) is 5.96. The van der Waals surface area contributed by atoms with E-state index in [0.717, 1.165) is 19.3 Å². The summed E-state index contributed by atoms with van der Waals surface area (Å²) < 4.78 is 15.5. The second-order valence-electron chi connectivity index (χ2n) is 6.48. The molecule has 1 fully saturated rings. The van der Waals surface area contributed by atoms with Crippen LogP contribution in [0.1, 0.15) is 38.7 Å². The maximum Gasteiger partial charge on any atom is 0.331 e. The molecule has 2 atom stereocenters. The van der Waals surface area contributed by atoms with E-state index < -0.39 is 5.97 Å². The number of hydrogen-bond acceptors (Lipinski definition) is 5. The first kappa shape index (κ1) is 19.8. The molecule has 2 unspecified atom stereocenters. The molecular formula is C20H27NO5. The van der Waals surface area contributed by atoms with Gasteiger partial charge in [-0.15, -0.1) is 0 Å². The summed E-state index contributed by atoms with van der Waals surface area (Å²) in [6, 6.07) is 5.65. The van der Waals surface area contributed by atoms with Crippen molar-refractivity contribution in [1.82, 2.24) is 4.90 Å². The number of nitrogens with zero attached hydrogens (tertiary/aromatic N) is 1. The molecule has 0 radical (unpaired) electrons. The first-order chi connectivity index (χ1) is 12.5. The zero-order valence-electron chi connectivity index (χ0n) is 15.9. The van der Waals surface area contributed by atoms with Crippen LogP contribution in [0.25, 0.3) is 6.08 Å². The van der Waals surface area contributed by atoms with Crippen LogP contribution in [0, 0.1) is 0 Å². The molecule has 0 bridgehead atoms. The lowest BCUT2D eigenvalue weighted by molar-refractivity contribution is -0.151. The minimum absolute atomic E-state index is 0.148. The van der Waals surface area contributed by atoms with E-state index in [9.17, 15) is 9.59 Å². The molecular weight excluding hydrogens is 334 g/mol. The van der Waals surface area contributed by atoms with Gasteiger partial charge in [-0.2, -0.15) is 0 Å². The summed E-state index contributed by atoms with van der Waals surface area (Å²) in [7, 11) is 3.12. The molecule has 1 aromatic carbocycles. The summed E-state index contributed by atoms with van der Waals surface area (Å²) >= 11 is 0. The number of likely N-dealkylation sites (tertiary alicyclic amines) is 1. The van der Waals surface area contributed by atoms with Crippen molar-refractivity contribution in [2.45, 2.75) is 45.2 Å². The van der Waals surface area contributed by atoms with Gasteiger partial charge in [-0.05, 0) is 57.4 Å². The van der Waals surface area contributed by atoms with Gasteiger partial charge in [0.25, 0.3) is 5.91 Å². The number of benzene rings is 1. The number of esters is 1. The number of methoxy groups -OCH3 is 2. The Kier molecular flexibility index (Phi) is 7.06. The molecule has 26 heavy (non-hydrogen) atoms. The number of piperidine rings is 1. The highest BCUT2D eigenvalue weighted by Gasteiger charge is 2.29. The molecule has 6 nitrogen and oxygen atoms in total. The standard InChI is InChI=1S/C20H27NO5/c1-14-6-5-7-15(2)21(14)19(22)13-26-20(23)11-8-16-12-17(24-3)9-10-18(16)25-4/h8-12,14-15H,5-7,13H2,1-4H3. The van der Waals surface area contributed by atoms with Crippen molar-refractivity contribution in [3.05, 3.63) is 29.8 Å². The average Bonchev–Trinajstić information content (AvgIpc) is 2.64. The van der Waals surface area contributed by atoms with Crippen LogP contribution in [-0.4, -0.2) is 49.7 Å². The molecule has 0 N–H and O–H groups in total. The van der Waals surface area contributed by atoms with Crippen LogP contribution in [0.2, 0.25) is 0 Å². The van der Waals surface area contributed by atoms with Crippen LogP contribution in [0.3, 0.4) is 0 Å². The van der Waals surface area contributed by atoms with Gasteiger partial charge in [0.2, 0.25) is 0 Å². The van der Waals surface area contributed by atoms with Gasteiger partial charge in [0.15, 0.2) is 6.61 Å². The quantitative estimate of drug-likeness (QED) is 0.576. The SMILES string of the molecule is COc1ccc(OC)c(C=CC(=O)OCC(=O)N2C(C)CCCC2C)c1. The lowest BCUT2D eigenvalue weighted by atomic mass is 9.97. The van der Waals surface area contributed by atoms with E-state index in [-0.39, 0.29) is 24.6 Å². The highest BCUT2D eigenvalue weighted by molar-refractivity contribution is 5.90. The van der Waals surface area contributed by atoms with Crippen LogP contribution in [-0.2, 0) is 14.3 Å². The summed E-state index contributed by atoms with van der Waals surface area (Å²) in [4.78, 5) is 26.2. The van der Waals surface area contributed by atoms with E-state index in [1.807, 2.05) is 18.7 Å². The van der Waals surface area contributed by atoms with Gasteiger partial charge in [0.05, 0.1) is 14.2 Å². The van der Waals surface area contributed by atoms with Crippen molar-refractivity contribution < 1.29 is 23.8 Å². The fourth-order valence-electron chi connectivity index (χ4n) is 3.30. The van der Waals surface area contributed by atoms with Gasteiger partial charge in [0, 0.05) is 23.7 Å². The number of ether oxygens (including phenoxy) is 3.